The third-order valence-electron chi connectivity index (χ3n) is 2.58. The SMILES string of the molecule is C[C@H](NC(=O)OC(C)(C)C)C(=O)NCC(=O)Nc1[nH]c(=O)ncc1F. The lowest BCUT2D eigenvalue weighted by Gasteiger charge is -2.21. The first-order valence-electron chi connectivity index (χ1n) is 7.30. The number of aromatic amines is 1. The molecule has 0 aromatic carbocycles. The lowest BCUT2D eigenvalue weighted by atomic mass is 10.2. The molecule has 0 bridgehead atoms. The van der Waals surface area contributed by atoms with Gasteiger partial charge in [0.15, 0.2) is 11.6 Å². The van der Waals surface area contributed by atoms with Crippen molar-refractivity contribution in [3.05, 3.63) is 22.5 Å². The molecule has 0 unspecified atom stereocenters. The fourth-order valence-corrected chi connectivity index (χ4v) is 1.52. The maximum absolute atomic E-state index is 13.3. The van der Waals surface area contributed by atoms with Gasteiger partial charge in [-0.1, -0.05) is 0 Å². The molecule has 138 valence electrons. The van der Waals surface area contributed by atoms with Gasteiger partial charge < -0.3 is 20.7 Å². The number of nitrogens with zero attached hydrogens (tertiary/aromatic N) is 1. The van der Waals surface area contributed by atoms with E-state index in [0.29, 0.717) is 6.20 Å². The van der Waals surface area contributed by atoms with Crippen LogP contribution in [0.1, 0.15) is 27.7 Å². The largest absolute Gasteiger partial charge is 0.444 e. The van der Waals surface area contributed by atoms with Crippen LogP contribution < -0.4 is 21.6 Å². The number of H-pyrrole nitrogens is 1. The van der Waals surface area contributed by atoms with Crippen molar-refractivity contribution >= 4 is 23.7 Å². The number of aromatic nitrogens is 2. The summed E-state index contributed by atoms with van der Waals surface area (Å²) < 4.78 is 18.3. The molecular weight excluding hydrogens is 337 g/mol. The quantitative estimate of drug-likeness (QED) is 0.578. The fraction of sp³-hybridized carbons (Fsp3) is 0.500. The van der Waals surface area contributed by atoms with E-state index in [1.807, 2.05) is 4.98 Å². The van der Waals surface area contributed by atoms with E-state index >= 15 is 0 Å². The Balaban J connectivity index is 2.47. The first-order valence-corrected chi connectivity index (χ1v) is 7.30. The van der Waals surface area contributed by atoms with E-state index in [-0.39, 0.29) is 0 Å². The second-order valence-electron chi connectivity index (χ2n) is 6.05. The molecule has 1 aromatic heterocycles. The highest BCUT2D eigenvalue weighted by Crippen LogP contribution is 2.07. The van der Waals surface area contributed by atoms with Crippen LogP contribution in [-0.4, -0.2) is 46.1 Å². The number of anilines is 1. The van der Waals surface area contributed by atoms with E-state index in [0.717, 1.165) is 0 Å². The Morgan fingerprint density at radius 2 is 2.00 bits per heavy atom. The first-order chi connectivity index (χ1) is 11.5. The normalized spacial score (nSPS) is 12.0. The monoisotopic (exact) mass is 357 g/mol. The van der Waals surface area contributed by atoms with Crippen molar-refractivity contribution < 1.29 is 23.5 Å². The van der Waals surface area contributed by atoms with Crippen LogP contribution in [-0.2, 0) is 14.3 Å². The molecule has 0 saturated heterocycles. The van der Waals surface area contributed by atoms with Gasteiger partial charge in [-0.25, -0.2) is 14.0 Å². The second-order valence-corrected chi connectivity index (χ2v) is 6.05. The lowest BCUT2D eigenvalue weighted by molar-refractivity contribution is -0.125. The van der Waals surface area contributed by atoms with Gasteiger partial charge in [0.25, 0.3) is 0 Å². The summed E-state index contributed by atoms with van der Waals surface area (Å²) in [5.74, 6) is -2.82. The number of hydrogen-bond donors (Lipinski definition) is 4. The highest BCUT2D eigenvalue weighted by molar-refractivity contribution is 5.95. The second kappa shape index (κ2) is 8.22. The average Bonchev–Trinajstić information content (AvgIpc) is 2.46. The molecule has 4 N–H and O–H groups in total. The molecular formula is C14H20FN5O5. The van der Waals surface area contributed by atoms with E-state index < -0.39 is 53.4 Å². The third kappa shape index (κ3) is 7.42. The van der Waals surface area contributed by atoms with E-state index in [4.69, 9.17) is 4.74 Å². The van der Waals surface area contributed by atoms with E-state index in [2.05, 4.69) is 20.9 Å². The standard InChI is InChI=1S/C14H20FN5O5/c1-7(18-13(24)25-14(2,3)4)11(22)16-6-9(21)19-10-8(15)5-17-12(23)20-10/h5,7H,6H2,1-4H3,(H,16,22)(H,18,24)(H2,17,19,20,21,23)/t7-/m0/s1. The molecule has 11 heteroatoms. The molecule has 1 atom stereocenters. The molecule has 10 nitrogen and oxygen atoms in total. The smallest absolute Gasteiger partial charge is 0.408 e. The Kier molecular flexibility index (Phi) is 6.60. The van der Waals surface area contributed by atoms with Crippen LogP contribution in [0.5, 0.6) is 0 Å². The summed E-state index contributed by atoms with van der Waals surface area (Å²) in [4.78, 5) is 51.2. The molecule has 0 radical (unpaired) electrons. The Hall–Kier alpha value is -2.98. The Labute approximate surface area is 142 Å². The summed E-state index contributed by atoms with van der Waals surface area (Å²) in [7, 11) is 0. The number of amides is 3. The van der Waals surface area contributed by atoms with Crippen LogP contribution in [0.4, 0.5) is 15.0 Å². The summed E-state index contributed by atoms with van der Waals surface area (Å²) >= 11 is 0. The number of ether oxygens (including phenoxy) is 1. The Bertz CT molecular complexity index is 712. The minimum atomic E-state index is -0.958. The van der Waals surface area contributed by atoms with Crippen LogP contribution in [0.3, 0.4) is 0 Å². The lowest BCUT2D eigenvalue weighted by Crippen LogP contribution is -2.48. The highest BCUT2D eigenvalue weighted by atomic mass is 19.1. The molecule has 1 rings (SSSR count). The number of rotatable bonds is 5. The zero-order chi connectivity index (χ0) is 19.2. The number of carbonyl (C=O) groups is 3. The van der Waals surface area contributed by atoms with E-state index in [1.165, 1.54) is 6.92 Å². The number of nitrogens with one attached hydrogen (secondary N) is 4. The van der Waals surface area contributed by atoms with Gasteiger partial charge in [-0.15, -0.1) is 0 Å². The molecule has 0 aliphatic rings. The predicted octanol–water partition coefficient (Wildman–Crippen LogP) is -0.123. The van der Waals surface area contributed by atoms with Gasteiger partial charge in [-0.3, -0.25) is 14.6 Å². The average molecular weight is 357 g/mol. The summed E-state index contributed by atoms with van der Waals surface area (Å²) in [5, 5.41) is 6.64. The molecule has 0 saturated carbocycles. The molecule has 3 amide bonds. The molecule has 1 heterocycles. The van der Waals surface area contributed by atoms with Gasteiger partial charge >= 0.3 is 11.8 Å². The molecule has 25 heavy (non-hydrogen) atoms. The predicted molar refractivity (Wildman–Crippen MR) is 85.3 cm³/mol. The molecule has 0 spiro atoms. The van der Waals surface area contributed by atoms with Crippen LogP contribution >= 0.6 is 0 Å². The van der Waals surface area contributed by atoms with Crippen LogP contribution in [0.15, 0.2) is 11.0 Å². The maximum Gasteiger partial charge on any atom is 0.408 e. The van der Waals surface area contributed by atoms with Crippen molar-refractivity contribution in [2.45, 2.75) is 39.3 Å². The Morgan fingerprint density at radius 3 is 2.60 bits per heavy atom. The molecule has 0 fully saturated rings. The summed E-state index contributed by atoms with van der Waals surface area (Å²) in [6, 6.07) is -0.958. The third-order valence-corrected chi connectivity index (χ3v) is 2.58. The summed E-state index contributed by atoms with van der Waals surface area (Å²) in [6.07, 6.45) is -0.129. The maximum atomic E-state index is 13.3. The van der Waals surface area contributed by atoms with Gasteiger partial charge in [0.05, 0.1) is 12.7 Å². The van der Waals surface area contributed by atoms with Crippen molar-refractivity contribution in [2.75, 3.05) is 11.9 Å². The summed E-state index contributed by atoms with van der Waals surface area (Å²) in [5.41, 5.74) is -1.55. The minimum Gasteiger partial charge on any atom is -0.444 e. The minimum absolute atomic E-state index is 0.459. The zero-order valence-electron chi connectivity index (χ0n) is 14.2. The molecule has 0 aliphatic carbocycles. The van der Waals surface area contributed by atoms with Gasteiger partial charge in [-0.05, 0) is 27.7 Å². The fourth-order valence-electron chi connectivity index (χ4n) is 1.52. The number of carbonyl (C=O) groups excluding carboxylic acids is 3. The van der Waals surface area contributed by atoms with Gasteiger partial charge in [0.2, 0.25) is 11.8 Å². The van der Waals surface area contributed by atoms with Gasteiger partial charge in [0.1, 0.15) is 11.6 Å². The van der Waals surface area contributed by atoms with E-state index in [9.17, 15) is 23.6 Å². The van der Waals surface area contributed by atoms with Crippen molar-refractivity contribution in [1.82, 2.24) is 20.6 Å². The summed E-state index contributed by atoms with van der Waals surface area (Å²) in [6.45, 7) is 5.92. The number of hydrogen-bond acceptors (Lipinski definition) is 6. The van der Waals surface area contributed by atoms with Crippen LogP contribution in [0.25, 0.3) is 0 Å². The van der Waals surface area contributed by atoms with Crippen molar-refractivity contribution in [2.24, 2.45) is 0 Å². The van der Waals surface area contributed by atoms with Gasteiger partial charge in [0, 0.05) is 0 Å². The van der Waals surface area contributed by atoms with Crippen LogP contribution in [0, 0.1) is 5.82 Å². The number of halogens is 1. The number of alkyl carbamates (subject to hydrolysis) is 1. The topological polar surface area (TPSA) is 142 Å². The zero-order valence-corrected chi connectivity index (χ0v) is 14.2. The first kappa shape index (κ1) is 20.1. The van der Waals surface area contributed by atoms with Gasteiger partial charge in [-0.2, -0.15) is 4.98 Å². The van der Waals surface area contributed by atoms with Crippen molar-refractivity contribution in [3.63, 3.8) is 0 Å². The highest BCUT2D eigenvalue weighted by Gasteiger charge is 2.21. The molecule has 1 aromatic rings. The van der Waals surface area contributed by atoms with Crippen LogP contribution in [0.2, 0.25) is 0 Å². The van der Waals surface area contributed by atoms with E-state index in [1.54, 1.807) is 20.8 Å². The van der Waals surface area contributed by atoms with Crippen molar-refractivity contribution in [3.8, 4) is 0 Å². The molecule has 0 aliphatic heterocycles. The Morgan fingerprint density at radius 1 is 1.36 bits per heavy atom. The van der Waals surface area contributed by atoms with Crippen molar-refractivity contribution in [1.29, 1.82) is 0 Å².